The normalized spacial score (nSPS) is 12.5. The van der Waals surface area contributed by atoms with E-state index in [1.54, 1.807) is 6.92 Å². The van der Waals surface area contributed by atoms with Crippen molar-refractivity contribution in [2.75, 3.05) is 0 Å². The van der Waals surface area contributed by atoms with Gasteiger partial charge >= 0.3 is 0 Å². The molecule has 5 heteroatoms. The third kappa shape index (κ3) is 3.09. The van der Waals surface area contributed by atoms with Gasteiger partial charge in [-0.2, -0.15) is 0 Å². The van der Waals surface area contributed by atoms with Crippen LogP contribution in [0.3, 0.4) is 0 Å². The van der Waals surface area contributed by atoms with Crippen LogP contribution in [0, 0.1) is 0 Å². The lowest BCUT2D eigenvalue weighted by atomic mass is 10.1. The Morgan fingerprint density at radius 1 is 1.33 bits per heavy atom. The molecular formula is C16H15BrN2O2. The molecule has 0 amide bonds. The van der Waals surface area contributed by atoms with E-state index in [1.165, 1.54) is 0 Å². The lowest BCUT2D eigenvalue weighted by Crippen LogP contribution is -2.01. The summed E-state index contributed by atoms with van der Waals surface area (Å²) in [6.45, 7) is 2.08. The molecule has 0 radical (unpaired) electrons. The number of nitrogens with zero attached hydrogens (tertiary/aromatic N) is 2. The highest BCUT2D eigenvalue weighted by Crippen LogP contribution is 2.29. The molecule has 0 aliphatic rings. The largest absolute Gasteiger partial charge is 0.487 e. The van der Waals surface area contributed by atoms with Crippen LogP contribution in [-0.4, -0.2) is 14.5 Å². The summed E-state index contributed by atoms with van der Waals surface area (Å²) in [7, 11) is 0. The molecule has 0 spiro atoms. The molecule has 1 atom stereocenters. The number of imidazole rings is 1. The van der Waals surface area contributed by atoms with Crippen molar-refractivity contribution in [1.29, 1.82) is 0 Å². The Bertz CT molecular complexity index is 735. The van der Waals surface area contributed by atoms with Crippen LogP contribution >= 0.6 is 15.9 Å². The van der Waals surface area contributed by atoms with Crippen molar-refractivity contribution in [3.63, 3.8) is 0 Å². The minimum absolute atomic E-state index is 0.359. The molecule has 0 unspecified atom stereocenters. The van der Waals surface area contributed by atoms with Crippen LogP contribution in [-0.2, 0) is 6.61 Å². The summed E-state index contributed by atoms with van der Waals surface area (Å²) in [6, 6.07) is 11.5. The van der Waals surface area contributed by atoms with Crippen LogP contribution in [0.4, 0.5) is 0 Å². The first-order valence-corrected chi connectivity index (χ1v) is 7.46. The number of aliphatic hydroxyl groups is 1. The minimum Gasteiger partial charge on any atom is -0.487 e. The van der Waals surface area contributed by atoms with Crippen molar-refractivity contribution in [3.05, 3.63) is 64.5 Å². The van der Waals surface area contributed by atoms with Gasteiger partial charge in [0.05, 0.1) is 11.8 Å². The molecule has 0 aliphatic heterocycles. The van der Waals surface area contributed by atoms with E-state index < -0.39 is 6.10 Å². The average molecular weight is 347 g/mol. The number of halogens is 1. The fraction of sp³-hybridized carbons (Fsp3) is 0.188. The molecular weight excluding hydrogens is 332 g/mol. The number of pyridine rings is 1. The highest BCUT2D eigenvalue weighted by atomic mass is 79.9. The van der Waals surface area contributed by atoms with Crippen molar-refractivity contribution in [2.45, 2.75) is 19.6 Å². The van der Waals surface area contributed by atoms with E-state index in [2.05, 4.69) is 20.9 Å². The summed E-state index contributed by atoms with van der Waals surface area (Å²) < 4.78 is 8.70. The van der Waals surface area contributed by atoms with Gasteiger partial charge in [0.2, 0.25) is 0 Å². The number of aliphatic hydroxyl groups excluding tert-OH is 1. The first-order chi connectivity index (χ1) is 10.1. The summed E-state index contributed by atoms with van der Waals surface area (Å²) in [5, 5.41) is 9.79. The number of hydrogen-bond donors (Lipinski definition) is 1. The van der Waals surface area contributed by atoms with Crippen LogP contribution in [0.25, 0.3) is 5.65 Å². The summed E-state index contributed by atoms with van der Waals surface area (Å²) in [4.78, 5) is 4.49. The average Bonchev–Trinajstić information content (AvgIpc) is 2.87. The third-order valence-corrected chi connectivity index (χ3v) is 3.71. The molecule has 1 N–H and O–H groups in total. The lowest BCUT2D eigenvalue weighted by molar-refractivity contribution is 0.190. The number of hydrogen-bond acceptors (Lipinski definition) is 3. The molecule has 0 fully saturated rings. The van der Waals surface area contributed by atoms with Gasteiger partial charge in [0.15, 0.2) is 0 Å². The number of aromatic nitrogens is 2. The van der Waals surface area contributed by atoms with Gasteiger partial charge < -0.3 is 14.2 Å². The van der Waals surface area contributed by atoms with E-state index in [0.29, 0.717) is 12.4 Å². The predicted octanol–water partition coefficient (Wildman–Crippen LogP) is 3.73. The first kappa shape index (κ1) is 14.1. The van der Waals surface area contributed by atoms with E-state index in [-0.39, 0.29) is 0 Å². The second-order valence-corrected chi connectivity index (χ2v) is 5.76. The van der Waals surface area contributed by atoms with Crippen molar-refractivity contribution in [2.24, 2.45) is 0 Å². The molecule has 3 rings (SSSR count). The maximum atomic E-state index is 9.79. The summed E-state index contributed by atoms with van der Waals surface area (Å²) in [6.07, 6.45) is 3.32. The Kier molecular flexibility index (Phi) is 3.94. The Labute approximate surface area is 131 Å². The predicted molar refractivity (Wildman–Crippen MR) is 84.3 cm³/mol. The SMILES string of the molecule is C[C@H](O)c1ccc(Br)cc1OCc1cn2ccccc2n1. The number of ether oxygens (including phenoxy) is 1. The van der Waals surface area contributed by atoms with Gasteiger partial charge in [-0.15, -0.1) is 0 Å². The Hall–Kier alpha value is -1.85. The molecule has 0 saturated heterocycles. The molecule has 4 nitrogen and oxygen atoms in total. The van der Waals surface area contributed by atoms with Crippen LogP contribution in [0.15, 0.2) is 53.3 Å². The van der Waals surface area contributed by atoms with Gasteiger partial charge in [-0.1, -0.05) is 28.1 Å². The van der Waals surface area contributed by atoms with Gasteiger partial charge in [-0.05, 0) is 31.2 Å². The van der Waals surface area contributed by atoms with Crippen molar-refractivity contribution in [3.8, 4) is 5.75 Å². The first-order valence-electron chi connectivity index (χ1n) is 6.66. The maximum Gasteiger partial charge on any atom is 0.137 e. The highest BCUT2D eigenvalue weighted by Gasteiger charge is 2.11. The number of benzene rings is 1. The molecule has 3 aromatic rings. The molecule has 2 aromatic heterocycles. The van der Waals surface area contributed by atoms with Crippen molar-refractivity contribution < 1.29 is 9.84 Å². The van der Waals surface area contributed by atoms with E-state index in [1.807, 2.05) is 53.2 Å². The second-order valence-electron chi connectivity index (χ2n) is 4.85. The smallest absolute Gasteiger partial charge is 0.137 e. The molecule has 0 bridgehead atoms. The third-order valence-electron chi connectivity index (χ3n) is 3.22. The summed E-state index contributed by atoms with van der Waals surface area (Å²) in [5.74, 6) is 0.663. The quantitative estimate of drug-likeness (QED) is 0.782. The fourth-order valence-electron chi connectivity index (χ4n) is 2.19. The van der Waals surface area contributed by atoms with Crippen LogP contribution in [0.5, 0.6) is 5.75 Å². The Morgan fingerprint density at radius 2 is 2.19 bits per heavy atom. The zero-order valence-electron chi connectivity index (χ0n) is 11.5. The molecule has 21 heavy (non-hydrogen) atoms. The van der Waals surface area contributed by atoms with Crippen LogP contribution < -0.4 is 4.74 Å². The van der Waals surface area contributed by atoms with Crippen molar-refractivity contribution >= 4 is 21.6 Å². The molecule has 0 saturated carbocycles. The molecule has 108 valence electrons. The van der Waals surface area contributed by atoms with Gasteiger partial charge in [0.1, 0.15) is 18.0 Å². The lowest BCUT2D eigenvalue weighted by Gasteiger charge is -2.13. The molecule has 0 aliphatic carbocycles. The van der Waals surface area contributed by atoms with Gasteiger partial charge in [-0.3, -0.25) is 0 Å². The van der Waals surface area contributed by atoms with Crippen LogP contribution in [0.1, 0.15) is 24.3 Å². The second kappa shape index (κ2) is 5.87. The fourth-order valence-corrected chi connectivity index (χ4v) is 2.53. The highest BCUT2D eigenvalue weighted by molar-refractivity contribution is 9.10. The maximum absolute atomic E-state index is 9.79. The van der Waals surface area contributed by atoms with Gasteiger partial charge in [-0.25, -0.2) is 4.98 Å². The monoisotopic (exact) mass is 346 g/mol. The number of rotatable bonds is 4. The summed E-state index contributed by atoms with van der Waals surface area (Å²) >= 11 is 3.42. The van der Waals surface area contributed by atoms with Gasteiger partial charge in [0.25, 0.3) is 0 Å². The van der Waals surface area contributed by atoms with E-state index in [0.717, 1.165) is 21.4 Å². The van der Waals surface area contributed by atoms with E-state index in [4.69, 9.17) is 4.74 Å². The molecule has 2 heterocycles. The minimum atomic E-state index is -0.575. The standard InChI is InChI=1S/C16H15BrN2O2/c1-11(20)14-6-5-12(17)8-15(14)21-10-13-9-19-7-3-2-4-16(19)18-13/h2-9,11,20H,10H2,1H3/t11-/m0/s1. The zero-order chi connectivity index (χ0) is 14.8. The van der Waals surface area contributed by atoms with Crippen LogP contribution in [0.2, 0.25) is 0 Å². The topological polar surface area (TPSA) is 46.8 Å². The van der Waals surface area contributed by atoms with E-state index in [9.17, 15) is 5.11 Å². The van der Waals surface area contributed by atoms with Crippen molar-refractivity contribution in [1.82, 2.24) is 9.38 Å². The van der Waals surface area contributed by atoms with Gasteiger partial charge in [0, 0.05) is 22.4 Å². The zero-order valence-corrected chi connectivity index (χ0v) is 13.1. The molecule has 1 aromatic carbocycles. The Morgan fingerprint density at radius 3 is 2.95 bits per heavy atom. The number of fused-ring (bicyclic) bond motifs is 1. The summed E-state index contributed by atoms with van der Waals surface area (Å²) in [5.41, 5.74) is 2.50. The van der Waals surface area contributed by atoms with E-state index >= 15 is 0 Å². The Balaban J connectivity index is 1.82.